The molecule has 1 N–H and O–H groups in total. The summed E-state index contributed by atoms with van der Waals surface area (Å²) in [7, 11) is 1.18. The number of esters is 1. The lowest BCUT2D eigenvalue weighted by Gasteiger charge is -2.10. The maximum atomic E-state index is 13.3. The molecule has 4 nitrogen and oxygen atoms in total. The largest absolute Gasteiger partial charge is 0.468 e. The van der Waals surface area contributed by atoms with Gasteiger partial charge in [0.05, 0.1) is 7.11 Å². The molecule has 1 amide bonds. The van der Waals surface area contributed by atoms with Crippen LogP contribution in [0.1, 0.15) is 10.4 Å². The van der Waals surface area contributed by atoms with Gasteiger partial charge in [0.2, 0.25) is 0 Å². The summed E-state index contributed by atoms with van der Waals surface area (Å²) in [5.41, 5.74) is -0.894. The van der Waals surface area contributed by atoms with Crippen molar-refractivity contribution in [2.45, 2.75) is 3.92 Å². The molecule has 0 saturated carbocycles. The highest BCUT2D eigenvalue weighted by Gasteiger charge is 2.21. The van der Waals surface area contributed by atoms with Crippen LogP contribution >= 0.6 is 22.6 Å². The molecule has 1 aromatic carbocycles. The summed E-state index contributed by atoms with van der Waals surface area (Å²) in [6.07, 6.45) is 0. The Morgan fingerprint density at radius 2 is 1.84 bits per heavy atom. The van der Waals surface area contributed by atoms with Gasteiger partial charge in [-0.05, 0) is 0 Å². The summed E-state index contributed by atoms with van der Waals surface area (Å²) in [6, 6.07) is 0.805. The first kappa shape index (κ1) is 15.7. The van der Waals surface area contributed by atoms with Crippen molar-refractivity contribution in [3.63, 3.8) is 0 Å². The number of alkyl halides is 1. The molecule has 0 radical (unpaired) electrons. The topological polar surface area (TPSA) is 55.4 Å². The first-order valence-electron chi connectivity index (χ1n) is 5.01. The van der Waals surface area contributed by atoms with Crippen LogP contribution in [0, 0.1) is 17.5 Å². The van der Waals surface area contributed by atoms with Crippen molar-refractivity contribution in [3.8, 4) is 0 Å². The van der Waals surface area contributed by atoms with Gasteiger partial charge in [0.15, 0.2) is 0 Å². The van der Waals surface area contributed by atoms with Crippen LogP contribution in [0.5, 0.6) is 0 Å². The molecule has 0 aliphatic carbocycles. The molecular weight excluding hydrogens is 378 g/mol. The lowest BCUT2D eigenvalue weighted by molar-refractivity contribution is -0.139. The number of nitrogens with one attached hydrogen (secondary N) is 1. The lowest BCUT2D eigenvalue weighted by atomic mass is 10.1. The Kier molecular flexibility index (Phi) is 5.58. The fourth-order valence-electron chi connectivity index (χ4n) is 1.24. The number of rotatable bonds is 4. The summed E-state index contributed by atoms with van der Waals surface area (Å²) in [6.45, 7) is -0.164. The van der Waals surface area contributed by atoms with Crippen LogP contribution in [0.3, 0.4) is 0 Å². The maximum absolute atomic E-state index is 13.3. The van der Waals surface area contributed by atoms with Crippen molar-refractivity contribution >= 4 is 34.5 Å². The normalized spacial score (nSPS) is 11.8. The van der Waals surface area contributed by atoms with Crippen molar-refractivity contribution in [2.24, 2.45) is 0 Å². The number of carbonyl (C=O) groups excluding carboxylic acids is 2. The van der Waals surface area contributed by atoms with Crippen LogP contribution in [0.25, 0.3) is 0 Å². The first-order chi connectivity index (χ1) is 8.86. The third-order valence-corrected chi connectivity index (χ3v) is 3.08. The predicted octanol–water partition coefficient (Wildman–Crippen LogP) is 1.81. The molecule has 1 aromatic rings. The van der Waals surface area contributed by atoms with Gasteiger partial charge in [-0.25, -0.2) is 13.2 Å². The molecule has 104 valence electrons. The number of carbonyl (C=O) groups is 2. The number of hydrogen-bond acceptors (Lipinski definition) is 3. The molecule has 0 saturated heterocycles. The average Bonchev–Trinajstić information content (AvgIpc) is 2.33. The van der Waals surface area contributed by atoms with Gasteiger partial charge in [-0.2, -0.15) is 0 Å². The van der Waals surface area contributed by atoms with Crippen molar-refractivity contribution in [3.05, 3.63) is 35.1 Å². The highest BCUT2D eigenvalue weighted by Crippen LogP contribution is 2.14. The number of halogens is 4. The second kappa shape index (κ2) is 6.73. The number of hydrogen-bond donors (Lipinski definition) is 1. The molecule has 1 rings (SSSR count). The van der Waals surface area contributed by atoms with E-state index in [0.717, 1.165) is 0 Å². The number of amides is 1. The lowest BCUT2D eigenvalue weighted by Crippen LogP contribution is -2.34. The van der Waals surface area contributed by atoms with E-state index < -0.39 is 38.8 Å². The molecule has 19 heavy (non-hydrogen) atoms. The van der Waals surface area contributed by atoms with E-state index in [1.54, 1.807) is 22.6 Å². The molecule has 0 bridgehead atoms. The Balaban J connectivity index is 2.77. The molecule has 1 unspecified atom stereocenters. The molecular formula is C11H9F3INO3. The van der Waals surface area contributed by atoms with E-state index >= 15 is 0 Å². The molecule has 0 aliphatic heterocycles. The monoisotopic (exact) mass is 387 g/mol. The third-order valence-electron chi connectivity index (χ3n) is 2.13. The zero-order valence-electron chi connectivity index (χ0n) is 9.68. The highest BCUT2D eigenvalue weighted by atomic mass is 127. The predicted molar refractivity (Wildman–Crippen MR) is 68.5 cm³/mol. The minimum atomic E-state index is -1.31. The molecule has 1 atom stereocenters. The highest BCUT2D eigenvalue weighted by molar-refractivity contribution is 14.1. The van der Waals surface area contributed by atoms with Crippen LogP contribution in [-0.2, 0) is 9.53 Å². The van der Waals surface area contributed by atoms with Crippen LogP contribution < -0.4 is 5.32 Å². The smallest absolute Gasteiger partial charge is 0.320 e. The van der Waals surface area contributed by atoms with Crippen molar-refractivity contribution in [1.82, 2.24) is 5.32 Å². The van der Waals surface area contributed by atoms with Crippen molar-refractivity contribution in [2.75, 3.05) is 13.7 Å². The van der Waals surface area contributed by atoms with E-state index in [9.17, 15) is 22.8 Å². The van der Waals surface area contributed by atoms with Gasteiger partial charge < -0.3 is 10.1 Å². The van der Waals surface area contributed by atoms with Gasteiger partial charge in [-0.15, -0.1) is 0 Å². The Labute approximate surface area is 120 Å². The van der Waals surface area contributed by atoms with Gasteiger partial charge >= 0.3 is 5.97 Å². The van der Waals surface area contributed by atoms with E-state index in [1.165, 1.54) is 7.11 Å². The van der Waals surface area contributed by atoms with Crippen LogP contribution in [-0.4, -0.2) is 29.5 Å². The van der Waals surface area contributed by atoms with Gasteiger partial charge in [-0.1, -0.05) is 22.6 Å². The van der Waals surface area contributed by atoms with Gasteiger partial charge in [0.25, 0.3) is 5.91 Å². The van der Waals surface area contributed by atoms with Crippen molar-refractivity contribution < 1.29 is 27.5 Å². The van der Waals surface area contributed by atoms with E-state index in [0.29, 0.717) is 12.1 Å². The molecule has 8 heteroatoms. The van der Waals surface area contributed by atoms with Crippen molar-refractivity contribution in [1.29, 1.82) is 0 Å². The minimum absolute atomic E-state index is 0.164. The van der Waals surface area contributed by atoms with E-state index in [2.05, 4.69) is 10.1 Å². The molecule has 0 heterocycles. The van der Waals surface area contributed by atoms with Gasteiger partial charge in [0.1, 0.15) is 26.9 Å². The first-order valence-corrected chi connectivity index (χ1v) is 6.26. The minimum Gasteiger partial charge on any atom is -0.468 e. The molecule has 0 fully saturated rings. The standard InChI is InChI=1S/C11H9F3INO3/c1-19-11(18)8(15)4-16-10(17)9-6(13)2-5(12)3-7(9)14/h2-3,8H,4H2,1H3,(H,16,17). The average molecular weight is 387 g/mol. The van der Waals surface area contributed by atoms with Crippen LogP contribution in [0.4, 0.5) is 13.2 Å². The Morgan fingerprint density at radius 3 is 2.32 bits per heavy atom. The van der Waals surface area contributed by atoms with E-state index in [4.69, 9.17) is 0 Å². The molecule has 0 aliphatic rings. The summed E-state index contributed by atoms with van der Waals surface area (Å²) >= 11 is 1.71. The fourth-order valence-corrected chi connectivity index (χ4v) is 1.72. The van der Waals surface area contributed by atoms with Crippen LogP contribution in [0.2, 0.25) is 0 Å². The summed E-state index contributed by atoms with van der Waals surface area (Å²) in [5, 5.41) is 2.17. The third kappa shape index (κ3) is 4.08. The second-order valence-corrected chi connectivity index (χ2v) is 4.95. The quantitative estimate of drug-likeness (QED) is 0.487. The second-order valence-electron chi connectivity index (χ2n) is 3.45. The zero-order chi connectivity index (χ0) is 14.6. The molecule has 0 aromatic heterocycles. The van der Waals surface area contributed by atoms with E-state index in [-0.39, 0.29) is 6.54 Å². The summed E-state index contributed by atoms with van der Waals surface area (Å²) in [4.78, 5) is 22.6. The summed E-state index contributed by atoms with van der Waals surface area (Å²) < 4.78 is 42.9. The summed E-state index contributed by atoms with van der Waals surface area (Å²) in [5.74, 6) is -5.38. The SMILES string of the molecule is COC(=O)C(I)CNC(=O)c1c(F)cc(F)cc1F. The molecule has 0 spiro atoms. The number of ether oxygens (including phenoxy) is 1. The number of methoxy groups -OCH3 is 1. The van der Waals surface area contributed by atoms with E-state index in [1.807, 2.05) is 0 Å². The van der Waals surface area contributed by atoms with Crippen LogP contribution in [0.15, 0.2) is 12.1 Å². The van der Waals surface area contributed by atoms with Gasteiger partial charge in [-0.3, -0.25) is 9.59 Å². The Bertz CT molecular complexity index is 487. The maximum Gasteiger partial charge on any atom is 0.320 e. The Hall–Kier alpha value is -1.32. The van der Waals surface area contributed by atoms with Gasteiger partial charge in [0, 0.05) is 18.7 Å². The fraction of sp³-hybridized carbons (Fsp3) is 0.273. The Morgan fingerprint density at radius 1 is 1.32 bits per heavy atom. The zero-order valence-corrected chi connectivity index (χ0v) is 11.8. The number of benzene rings is 1.